The van der Waals surface area contributed by atoms with Crippen LogP contribution in [-0.4, -0.2) is 20.6 Å². The van der Waals surface area contributed by atoms with E-state index < -0.39 is 12.0 Å². The van der Waals surface area contributed by atoms with Crippen molar-refractivity contribution in [2.45, 2.75) is 33.2 Å². The molecular formula is C18H18N2O3S. The lowest BCUT2D eigenvalue weighted by molar-refractivity contribution is -0.141. The maximum absolute atomic E-state index is 13.0. The molecule has 0 radical (unpaired) electrons. The molecule has 0 saturated heterocycles. The average Bonchev–Trinajstić information content (AvgIpc) is 2.88. The molecule has 5 nitrogen and oxygen atoms in total. The van der Waals surface area contributed by atoms with Gasteiger partial charge >= 0.3 is 5.97 Å². The van der Waals surface area contributed by atoms with Crippen molar-refractivity contribution < 1.29 is 9.90 Å². The first-order chi connectivity index (χ1) is 11.4. The van der Waals surface area contributed by atoms with Gasteiger partial charge in [0.05, 0.1) is 11.7 Å². The van der Waals surface area contributed by atoms with Gasteiger partial charge in [-0.2, -0.15) is 0 Å². The topological polar surface area (TPSA) is 72.2 Å². The maximum atomic E-state index is 13.0. The Morgan fingerprint density at radius 3 is 2.54 bits per heavy atom. The number of carboxylic acid groups (broad SMARTS) is 1. The molecule has 1 N–H and O–H groups in total. The van der Waals surface area contributed by atoms with Crippen molar-refractivity contribution in [1.29, 1.82) is 0 Å². The van der Waals surface area contributed by atoms with Crippen LogP contribution >= 0.6 is 11.3 Å². The molecule has 0 bridgehead atoms. The van der Waals surface area contributed by atoms with Gasteiger partial charge in [-0.3, -0.25) is 9.36 Å². The highest BCUT2D eigenvalue weighted by Crippen LogP contribution is 2.35. The second kappa shape index (κ2) is 6.20. The minimum absolute atomic E-state index is 0.297. The molecule has 1 atom stereocenters. The molecule has 2 heterocycles. The van der Waals surface area contributed by atoms with Gasteiger partial charge in [0, 0.05) is 10.4 Å². The number of hydrogen-bond acceptors (Lipinski definition) is 4. The van der Waals surface area contributed by atoms with Crippen LogP contribution < -0.4 is 5.56 Å². The van der Waals surface area contributed by atoms with E-state index in [1.54, 1.807) is 6.92 Å². The minimum atomic E-state index is -1.02. The molecule has 0 aliphatic rings. The second-order valence-corrected chi connectivity index (χ2v) is 7.00. The van der Waals surface area contributed by atoms with Gasteiger partial charge in [0.2, 0.25) is 0 Å². The molecule has 1 unspecified atom stereocenters. The van der Waals surface area contributed by atoms with Crippen molar-refractivity contribution in [3.05, 3.63) is 51.4 Å². The van der Waals surface area contributed by atoms with Crippen LogP contribution in [0.25, 0.3) is 21.3 Å². The summed E-state index contributed by atoms with van der Waals surface area (Å²) in [6.45, 7) is 5.71. The Morgan fingerprint density at radius 2 is 1.96 bits per heavy atom. The van der Waals surface area contributed by atoms with E-state index in [0.717, 1.165) is 21.6 Å². The smallest absolute Gasteiger partial charge is 0.326 e. The first-order valence-electron chi connectivity index (χ1n) is 7.74. The van der Waals surface area contributed by atoms with Crippen molar-refractivity contribution in [3.8, 4) is 11.1 Å². The summed E-state index contributed by atoms with van der Waals surface area (Å²) in [5, 5.41) is 9.86. The third kappa shape index (κ3) is 2.63. The van der Waals surface area contributed by atoms with E-state index in [4.69, 9.17) is 0 Å². The quantitative estimate of drug-likeness (QED) is 0.783. The second-order valence-electron chi connectivity index (χ2n) is 5.80. The Hall–Kier alpha value is -2.47. The lowest BCUT2D eigenvalue weighted by Gasteiger charge is -2.13. The highest BCUT2D eigenvalue weighted by Gasteiger charge is 2.23. The predicted octanol–water partition coefficient (Wildman–Crippen LogP) is 3.78. The van der Waals surface area contributed by atoms with E-state index in [1.165, 1.54) is 22.2 Å². The summed E-state index contributed by atoms with van der Waals surface area (Å²) in [5.74, 6) is -1.02. The van der Waals surface area contributed by atoms with E-state index in [2.05, 4.69) is 4.98 Å². The van der Waals surface area contributed by atoms with Crippen LogP contribution in [0.3, 0.4) is 0 Å². The van der Waals surface area contributed by atoms with E-state index >= 15 is 0 Å². The van der Waals surface area contributed by atoms with Crippen LogP contribution in [0.2, 0.25) is 0 Å². The third-order valence-corrected chi connectivity index (χ3v) is 5.17. The number of aliphatic carboxylic acids is 1. The monoisotopic (exact) mass is 342 g/mol. The van der Waals surface area contributed by atoms with Crippen LogP contribution in [0.15, 0.2) is 35.4 Å². The van der Waals surface area contributed by atoms with Crippen molar-refractivity contribution in [2.75, 3.05) is 0 Å². The highest BCUT2D eigenvalue weighted by molar-refractivity contribution is 7.19. The SMILES string of the molecule is CCC(C(=O)O)n1cnc2sc(C)c(-c3ccc(C)cc3)c2c1=O. The molecule has 0 amide bonds. The van der Waals surface area contributed by atoms with Crippen molar-refractivity contribution >= 4 is 27.5 Å². The maximum Gasteiger partial charge on any atom is 0.326 e. The lowest BCUT2D eigenvalue weighted by Crippen LogP contribution is -2.29. The largest absolute Gasteiger partial charge is 0.480 e. The lowest BCUT2D eigenvalue weighted by atomic mass is 10.0. The van der Waals surface area contributed by atoms with Crippen LogP contribution in [0.4, 0.5) is 0 Å². The van der Waals surface area contributed by atoms with Crippen LogP contribution in [0.5, 0.6) is 0 Å². The zero-order chi connectivity index (χ0) is 17.4. The Kier molecular flexibility index (Phi) is 4.24. The summed E-state index contributed by atoms with van der Waals surface area (Å²) in [4.78, 5) is 30.4. The Labute approximate surface area is 143 Å². The average molecular weight is 342 g/mol. The zero-order valence-electron chi connectivity index (χ0n) is 13.7. The fourth-order valence-electron chi connectivity index (χ4n) is 2.90. The van der Waals surface area contributed by atoms with E-state index in [9.17, 15) is 14.7 Å². The van der Waals surface area contributed by atoms with Gasteiger partial charge in [0.1, 0.15) is 10.9 Å². The number of aryl methyl sites for hydroxylation is 2. The van der Waals surface area contributed by atoms with Gasteiger partial charge in [-0.15, -0.1) is 11.3 Å². The molecule has 3 aromatic rings. The number of fused-ring (bicyclic) bond motifs is 1. The number of benzene rings is 1. The number of hydrogen-bond donors (Lipinski definition) is 1. The fourth-order valence-corrected chi connectivity index (χ4v) is 3.90. The van der Waals surface area contributed by atoms with Crippen molar-refractivity contribution in [3.63, 3.8) is 0 Å². The van der Waals surface area contributed by atoms with Gasteiger partial charge in [-0.1, -0.05) is 36.8 Å². The van der Waals surface area contributed by atoms with Crippen molar-refractivity contribution in [2.24, 2.45) is 0 Å². The highest BCUT2D eigenvalue weighted by atomic mass is 32.1. The molecule has 0 aliphatic heterocycles. The number of aromatic nitrogens is 2. The zero-order valence-corrected chi connectivity index (χ0v) is 14.6. The van der Waals surface area contributed by atoms with Gasteiger partial charge in [-0.25, -0.2) is 9.78 Å². The summed E-state index contributed by atoms with van der Waals surface area (Å²) in [6, 6.07) is 7.06. The molecule has 0 aliphatic carbocycles. The normalized spacial score (nSPS) is 12.5. The number of carboxylic acids is 1. The molecule has 0 saturated carbocycles. The molecule has 3 rings (SSSR count). The number of nitrogens with zero attached hydrogens (tertiary/aromatic N) is 2. The van der Waals surface area contributed by atoms with E-state index in [-0.39, 0.29) is 5.56 Å². The first-order valence-corrected chi connectivity index (χ1v) is 8.55. The molecule has 6 heteroatoms. The molecule has 1 aromatic carbocycles. The fraction of sp³-hybridized carbons (Fsp3) is 0.278. The van der Waals surface area contributed by atoms with E-state index in [0.29, 0.717) is 16.6 Å². The summed E-state index contributed by atoms with van der Waals surface area (Å²) in [5.41, 5.74) is 2.64. The van der Waals surface area contributed by atoms with Gasteiger partial charge < -0.3 is 5.11 Å². The van der Waals surface area contributed by atoms with Gasteiger partial charge in [0.25, 0.3) is 5.56 Å². The number of carbonyl (C=O) groups is 1. The van der Waals surface area contributed by atoms with Crippen LogP contribution in [-0.2, 0) is 4.79 Å². The summed E-state index contributed by atoms with van der Waals surface area (Å²) in [6.07, 6.45) is 1.67. The molecule has 0 spiro atoms. The number of thiophene rings is 1. The third-order valence-electron chi connectivity index (χ3n) is 4.16. The number of rotatable bonds is 4. The van der Waals surface area contributed by atoms with Gasteiger partial charge in [0.15, 0.2) is 0 Å². The Morgan fingerprint density at radius 1 is 1.29 bits per heavy atom. The minimum Gasteiger partial charge on any atom is -0.480 e. The molecule has 2 aromatic heterocycles. The molecule has 24 heavy (non-hydrogen) atoms. The summed E-state index contributed by atoms with van der Waals surface area (Å²) in [7, 11) is 0. The van der Waals surface area contributed by atoms with Crippen molar-refractivity contribution in [1.82, 2.24) is 9.55 Å². The standard InChI is InChI=1S/C18H18N2O3S/c1-4-13(18(22)23)20-9-19-16-15(17(20)21)14(11(3)24-16)12-7-5-10(2)6-8-12/h5-9,13H,4H2,1-3H3,(H,22,23). The Balaban J connectivity index is 2.31. The molecule has 0 fully saturated rings. The van der Waals surface area contributed by atoms with Crippen LogP contribution in [0.1, 0.15) is 29.8 Å². The first kappa shape index (κ1) is 16.4. The van der Waals surface area contributed by atoms with Crippen LogP contribution in [0, 0.1) is 13.8 Å². The Bertz CT molecular complexity index is 970. The predicted molar refractivity (Wildman–Crippen MR) is 95.8 cm³/mol. The van der Waals surface area contributed by atoms with Gasteiger partial charge in [-0.05, 0) is 25.8 Å². The summed E-state index contributed by atoms with van der Waals surface area (Å²) < 4.78 is 1.23. The molecular weight excluding hydrogens is 324 g/mol. The molecule has 124 valence electrons. The summed E-state index contributed by atoms with van der Waals surface area (Å²) >= 11 is 1.46. The van der Waals surface area contributed by atoms with E-state index in [1.807, 2.05) is 38.1 Å².